The molecule has 1 saturated carbocycles. The van der Waals surface area contributed by atoms with E-state index in [0.717, 1.165) is 12.8 Å². The summed E-state index contributed by atoms with van der Waals surface area (Å²) < 4.78 is 26.4. The number of sulfonamides is 1. The molecule has 98 valence electrons. The summed E-state index contributed by atoms with van der Waals surface area (Å²) in [5, 5.41) is 8.73. The van der Waals surface area contributed by atoms with Gasteiger partial charge in [0.25, 0.3) is 0 Å². The van der Waals surface area contributed by atoms with Crippen LogP contribution in [0, 0.1) is 23.2 Å². The molecular weight excluding hydrogens is 260 g/mol. The molecule has 0 atom stereocenters. The van der Waals surface area contributed by atoms with Crippen LogP contribution in [0.4, 0.5) is 0 Å². The Balaban J connectivity index is 2.32. The van der Waals surface area contributed by atoms with E-state index in [4.69, 9.17) is 5.26 Å². The van der Waals surface area contributed by atoms with Gasteiger partial charge in [0.05, 0.1) is 23.1 Å². The van der Waals surface area contributed by atoms with E-state index in [1.165, 1.54) is 28.6 Å². The maximum Gasteiger partial charge on any atom is 0.244 e. The van der Waals surface area contributed by atoms with Crippen molar-refractivity contribution in [2.45, 2.75) is 30.7 Å². The van der Waals surface area contributed by atoms with Crippen molar-refractivity contribution in [3.05, 3.63) is 29.8 Å². The molecule has 0 unspecified atom stereocenters. The first-order valence-corrected chi connectivity index (χ1v) is 7.45. The molecule has 0 spiro atoms. The second-order valence-electron chi connectivity index (χ2n) is 4.34. The summed E-state index contributed by atoms with van der Waals surface area (Å²) >= 11 is 0. The zero-order chi connectivity index (χ0) is 13.9. The Hall–Kier alpha value is -1.82. The Labute approximate surface area is 113 Å². The van der Waals surface area contributed by atoms with Gasteiger partial charge in [-0.2, -0.15) is 9.57 Å². The monoisotopic (exact) mass is 274 g/mol. The molecule has 0 amide bonds. The number of nitriles is 1. The molecule has 1 aromatic rings. The van der Waals surface area contributed by atoms with Crippen LogP contribution in [0.25, 0.3) is 0 Å². The molecule has 19 heavy (non-hydrogen) atoms. The van der Waals surface area contributed by atoms with Crippen molar-refractivity contribution in [2.24, 2.45) is 0 Å². The first kappa shape index (κ1) is 13.6. The zero-order valence-electron chi connectivity index (χ0n) is 10.6. The summed E-state index contributed by atoms with van der Waals surface area (Å²) in [4.78, 5) is 0.219. The minimum atomic E-state index is -3.51. The standard InChI is InChI=1S/C14H14N2O2S/c1-2-3-10-16(13-6-7-13)19(17,18)14-8-4-12(11-15)5-9-14/h4-5,8-9,13H,6-7,10H2,1H3. The van der Waals surface area contributed by atoms with E-state index in [9.17, 15) is 8.42 Å². The van der Waals surface area contributed by atoms with E-state index in [0.29, 0.717) is 5.56 Å². The van der Waals surface area contributed by atoms with Gasteiger partial charge in [0.2, 0.25) is 10.0 Å². The van der Waals surface area contributed by atoms with Crippen molar-refractivity contribution in [1.82, 2.24) is 4.31 Å². The average Bonchev–Trinajstić information content (AvgIpc) is 3.23. The summed E-state index contributed by atoms with van der Waals surface area (Å²) in [5.74, 6) is 5.54. The van der Waals surface area contributed by atoms with Gasteiger partial charge in [0.1, 0.15) is 0 Å². The minimum absolute atomic E-state index is 0.0708. The summed E-state index contributed by atoms with van der Waals surface area (Å²) in [6.45, 7) is 1.92. The Morgan fingerprint density at radius 2 is 1.95 bits per heavy atom. The van der Waals surface area contributed by atoms with Crippen LogP contribution in [0.5, 0.6) is 0 Å². The van der Waals surface area contributed by atoms with Crippen LogP contribution in [-0.4, -0.2) is 25.3 Å². The number of benzene rings is 1. The molecule has 0 heterocycles. The Morgan fingerprint density at radius 1 is 1.32 bits per heavy atom. The van der Waals surface area contributed by atoms with Crippen molar-refractivity contribution in [3.63, 3.8) is 0 Å². The van der Waals surface area contributed by atoms with E-state index in [1.54, 1.807) is 6.92 Å². The molecule has 0 saturated heterocycles. The lowest BCUT2D eigenvalue weighted by Gasteiger charge is -2.19. The van der Waals surface area contributed by atoms with Gasteiger partial charge in [-0.15, -0.1) is 5.92 Å². The third kappa shape index (κ3) is 2.96. The lowest BCUT2D eigenvalue weighted by atomic mass is 10.2. The highest BCUT2D eigenvalue weighted by Gasteiger charge is 2.37. The fourth-order valence-corrected chi connectivity index (χ4v) is 3.36. The third-order valence-electron chi connectivity index (χ3n) is 2.96. The second kappa shape index (κ2) is 5.44. The van der Waals surface area contributed by atoms with E-state index >= 15 is 0 Å². The predicted octanol–water partition coefficient (Wildman–Crippen LogP) is 1.73. The first-order chi connectivity index (χ1) is 9.09. The summed E-state index contributed by atoms with van der Waals surface area (Å²) in [6.07, 6.45) is 1.78. The van der Waals surface area contributed by atoms with Crippen LogP contribution >= 0.6 is 0 Å². The molecule has 1 aliphatic carbocycles. The number of hydrogen-bond donors (Lipinski definition) is 0. The van der Waals surface area contributed by atoms with Crippen molar-refractivity contribution < 1.29 is 8.42 Å². The average molecular weight is 274 g/mol. The van der Waals surface area contributed by atoms with Crippen molar-refractivity contribution >= 4 is 10.0 Å². The smallest absolute Gasteiger partial charge is 0.207 e. The van der Waals surface area contributed by atoms with Crippen LogP contribution in [-0.2, 0) is 10.0 Å². The second-order valence-corrected chi connectivity index (χ2v) is 6.23. The van der Waals surface area contributed by atoms with Crippen molar-refractivity contribution in [2.75, 3.05) is 6.54 Å². The minimum Gasteiger partial charge on any atom is -0.207 e. The van der Waals surface area contributed by atoms with Crippen molar-refractivity contribution in [3.8, 4) is 17.9 Å². The molecule has 0 radical (unpaired) electrons. The van der Waals surface area contributed by atoms with Gasteiger partial charge in [-0.1, -0.05) is 5.92 Å². The Bertz CT molecular complexity index is 656. The topological polar surface area (TPSA) is 61.2 Å². The largest absolute Gasteiger partial charge is 0.244 e. The highest BCUT2D eigenvalue weighted by Crippen LogP contribution is 2.31. The van der Waals surface area contributed by atoms with Gasteiger partial charge in [0.15, 0.2) is 0 Å². The summed E-state index contributed by atoms with van der Waals surface area (Å²) in [6, 6.07) is 8.03. The quantitative estimate of drug-likeness (QED) is 0.786. The lowest BCUT2D eigenvalue weighted by molar-refractivity contribution is 0.440. The molecule has 1 fully saturated rings. The maximum absolute atomic E-state index is 12.5. The Morgan fingerprint density at radius 3 is 2.42 bits per heavy atom. The van der Waals surface area contributed by atoms with E-state index < -0.39 is 10.0 Å². The fraction of sp³-hybridized carbons (Fsp3) is 0.357. The van der Waals surface area contributed by atoms with Crippen LogP contribution in [0.15, 0.2) is 29.2 Å². The van der Waals surface area contributed by atoms with Gasteiger partial charge in [-0.05, 0) is 44.0 Å². The molecule has 0 N–H and O–H groups in total. The number of rotatable bonds is 4. The molecule has 0 aliphatic heterocycles. The SMILES string of the molecule is CC#CCN(C1CC1)S(=O)(=O)c1ccc(C#N)cc1. The highest BCUT2D eigenvalue weighted by atomic mass is 32.2. The van der Waals surface area contributed by atoms with Crippen LogP contribution in [0.3, 0.4) is 0 Å². The molecule has 0 bridgehead atoms. The maximum atomic E-state index is 12.5. The molecule has 4 nitrogen and oxygen atoms in total. The van der Waals surface area contributed by atoms with E-state index in [-0.39, 0.29) is 17.5 Å². The third-order valence-corrected chi connectivity index (χ3v) is 4.87. The molecule has 5 heteroatoms. The molecule has 2 rings (SSSR count). The van der Waals surface area contributed by atoms with Crippen LogP contribution < -0.4 is 0 Å². The molecule has 1 aliphatic rings. The fourth-order valence-electron chi connectivity index (χ4n) is 1.77. The van der Waals surface area contributed by atoms with E-state index in [2.05, 4.69) is 11.8 Å². The van der Waals surface area contributed by atoms with Gasteiger partial charge < -0.3 is 0 Å². The number of hydrogen-bond acceptors (Lipinski definition) is 3. The highest BCUT2D eigenvalue weighted by molar-refractivity contribution is 7.89. The molecule has 1 aromatic carbocycles. The Kier molecular flexibility index (Phi) is 3.90. The van der Waals surface area contributed by atoms with Gasteiger partial charge >= 0.3 is 0 Å². The van der Waals surface area contributed by atoms with Gasteiger partial charge in [-0.3, -0.25) is 0 Å². The first-order valence-electron chi connectivity index (χ1n) is 6.01. The lowest BCUT2D eigenvalue weighted by Crippen LogP contribution is -2.33. The summed E-state index contributed by atoms with van der Waals surface area (Å²) in [7, 11) is -3.51. The van der Waals surface area contributed by atoms with Crippen LogP contribution in [0.1, 0.15) is 25.3 Å². The predicted molar refractivity (Wildman–Crippen MR) is 71.5 cm³/mol. The molecule has 0 aromatic heterocycles. The van der Waals surface area contributed by atoms with Gasteiger partial charge in [0, 0.05) is 6.04 Å². The number of nitrogens with zero attached hydrogens (tertiary/aromatic N) is 2. The zero-order valence-corrected chi connectivity index (χ0v) is 11.4. The van der Waals surface area contributed by atoms with Gasteiger partial charge in [-0.25, -0.2) is 8.42 Å². The summed E-state index contributed by atoms with van der Waals surface area (Å²) in [5.41, 5.74) is 0.449. The van der Waals surface area contributed by atoms with Crippen LogP contribution in [0.2, 0.25) is 0 Å². The normalized spacial score (nSPS) is 14.6. The van der Waals surface area contributed by atoms with Crippen molar-refractivity contribution in [1.29, 1.82) is 5.26 Å². The van der Waals surface area contributed by atoms with E-state index in [1.807, 2.05) is 6.07 Å². The molecular formula is C14H14N2O2S.